The third kappa shape index (κ3) is 5.77. The van der Waals surface area contributed by atoms with Gasteiger partial charge >= 0.3 is 6.09 Å². The monoisotopic (exact) mass is 205 g/mol. The summed E-state index contributed by atoms with van der Waals surface area (Å²) in [6, 6.07) is -0.690. The molecule has 0 aliphatic carbocycles. The van der Waals surface area contributed by atoms with Crippen LogP contribution in [-0.4, -0.2) is 40.7 Å². The topological polar surface area (TPSA) is 78.8 Å². The Morgan fingerprint density at radius 2 is 2.00 bits per heavy atom. The Labute approximate surface area is 84.1 Å². The molecule has 0 aromatic heterocycles. The van der Waals surface area contributed by atoms with Crippen molar-refractivity contribution in [2.75, 3.05) is 6.61 Å². The van der Waals surface area contributed by atoms with Gasteiger partial charge in [-0.1, -0.05) is 0 Å². The molecule has 0 aromatic rings. The standard InChI is InChI=1S/C9H19NO4/c1-6(12)7(5-11)10-8(13)14-9(2,3)4/h6-7,11-12H,5H2,1-4H3,(H,10,13)/t6-,7?/m1/s1. The third-order valence-electron chi connectivity index (χ3n) is 1.48. The van der Waals surface area contributed by atoms with Crippen LogP contribution in [0.4, 0.5) is 4.79 Å². The van der Waals surface area contributed by atoms with Crippen LogP contribution < -0.4 is 5.32 Å². The van der Waals surface area contributed by atoms with E-state index in [1.807, 2.05) is 0 Å². The van der Waals surface area contributed by atoms with E-state index in [9.17, 15) is 4.79 Å². The molecule has 5 nitrogen and oxygen atoms in total. The van der Waals surface area contributed by atoms with Gasteiger partial charge in [-0.05, 0) is 27.7 Å². The van der Waals surface area contributed by atoms with Gasteiger partial charge in [0.25, 0.3) is 0 Å². The van der Waals surface area contributed by atoms with Gasteiger partial charge in [-0.3, -0.25) is 0 Å². The van der Waals surface area contributed by atoms with Crippen molar-refractivity contribution in [2.24, 2.45) is 0 Å². The molecule has 1 unspecified atom stereocenters. The van der Waals surface area contributed by atoms with Crippen LogP contribution in [0.15, 0.2) is 0 Å². The number of carbonyl (C=O) groups excluding carboxylic acids is 1. The van der Waals surface area contributed by atoms with Crippen molar-refractivity contribution in [2.45, 2.75) is 45.4 Å². The SMILES string of the molecule is C[C@@H](O)C(CO)NC(=O)OC(C)(C)C. The summed E-state index contributed by atoms with van der Waals surface area (Å²) in [5.74, 6) is 0. The lowest BCUT2D eigenvalue weighted by molar-refractivity contribution is 0.0377. The van der Waals surface area contributed by atoms with E-state index < -0.39 is 23.8 Å². The summed E-state index contributed by atoms with van der Waals surface area (Å²) in [6.45, 7) is 6.38. The average Bonchev–Trinajstić information content (AvgIpc) is 1.96. The molecular weight excluding hydrogens is 186 g/mol. The van der Waals surface area contributed by atoms with E-state index in [1.165, 1.54) is 6.92 Å². The second-order valence-corrected chi connectivity index (χ2v) is 4.18. The van der Waals surface area contributed by atoms with Crippen LogP contribution in [-0.2, 0) is 4.74 Å². The van der Waals surface area contributed by atoms with Gasteiger partial charge in [0, 0.05) is 0 Å². The number of rotatable bonds is 3. The number of hydrogen-bond acceptors (Lipinski definition) is 4. The van der Waals surface area contributed by atoms with Gasteiger partial charge in [-0.15, -0.1) is 0 Å². The van der Waals surface area contributed by atoms with E-state index in [2.05, 4.69) is 5.32 Å². The minimum Gasteiger partial charge on any atom is -0.444 e. The van der Waals surface area contributed by atoms with Crippen LogP contribution in [0.25, 0.3) is 0 Å². The van der Waals surface area contributed by atoms with Gasteiger partial charge < -0.3 is 20.3 Å². The first-order valence-corrected chi connectivity index (χ1v) is 4.54. The number of aliphatic hydroxyl groups excluding tert-OH is 2. The molecule has 0 radical (unpaired) electrons. The van der Waals surface area contributed by atoms with Gasteiger partial charge in [0.05, 0.1) is 18.8 Å². The first-order chi connectivity index (χ1) is 6.26. The van der Waals surface area contributed by atoms with Crippen molar-refractivity contribution in [3.05, 3.63) is 0 Å². The van der Waals surface area contributed by atoms with E-state index in [4.69, 9.17) is 14.9 Å². The van der Waals surface area contributed by atoms with Crippen molar-refractivity contribution in [1.82, 2.24) is 5.32 Å². The number of amides is 1. The van der Waals surface area contributed by atoms with Crippen LogP contribution >= 0.6 is 0 Å². The van der Waals surface area contributed by atoms with E-state index in [0.29, 0.717) is 0 Å². The predicted molar refractivity (Wildman–Crippen MR) is 51.9 cm³/mol. The molecule has 2 atom stereocenters. The molecule has 0 aromatic carbocycles. The molecule has 5 heteroatoms. The molecule has 0 bridgehead atoms. The van der Waals surface area contributed by atoms with Crippen LogP contribution in [0, 0.1) is 0 Å². The molecular formula is C9H19NO4. The van der Waals surface area contributed by atoms with Crippen molar-refractivity contribution in [3.8, 4) is 0 Å². The van der Waals surface area contributed by atoms with E-state index in [0.717, 1.165) is 0 Å². The summed E-state index contributed by atoms with van der Waals surface area (Å²) in [7, 11) is 0. The van der Waals surface area contributed by atoms with Crippen LogP contribution in [0.2, 0.25) is 0 Å². The summed E-state index contributed by atoms with van der Waals surface area (Å²) in [5, 5.41) is 20.3. The Hall–Kier alpha value is -0.810. The van der Waals surface area contributed by atoms with Gasteiger partial charge in [0.15, 0.2) is 0 Å². The number of aliphatic hydroxyl groups is 2. The fourth-order valence-corrected chi connectivity index (χ4v) is 0.778. The normalized spacial score (nSPS) is 15.9. The summed E-state index contributed by atoms with van der Waals surface area (Å²) < 4.78 is 4.95. The van der Waals surface area contributed by atoms with Crippen LogP contribution in [0.5, 0.6) is 0 Å². The van der Waals surface area contributed by atoms with Gasteiger partial charge in [-0.25, -0.2) is 4.79 Å². The maximum atomic E-state index is 11.2. The first-order valence-electron chi connectivity index (χ1n) is 4.54. The quantitative estimate of drug-likeness (QED) is 0.617. The third-order valence-corrected chi connectivity index (χ3v) is 1.48. The highest BCUT2D eigenvalue weighted by Gasteiger charge is 2.21. The van der Waals surface area contributed by atoms with E-state index in [1.54, 1.807) is 20.8 Å². The number of nitrogens with one attached hydrogen (secondary N) is 1. The second-order valence-electron chi connectivity index (χ2n) is 4.18. The summed E-state index contributed by atoms with van der Waals surface area (Å²) in [6.07, 6.45) is -1.45. The molecule has 0 aliphatic heterocycles. The van der Waals surface area contributed by atoms with E-state index >= 15 is 0 Å². The highest BCUT2D eigenvalue weighted by molar-refractivity contribution is 5.68. The molecule has 3 N–H and O–H groups in total. The van der Waals surface area contributed by atoms with Gasteiger partial charge in [-0.2, -0.15) is 0 Å². The zero-order valence-corrected chi connectivity index (χ0v) is 9.07. The Bertz CT molecular complexity index is 186. The molecule has 0 saturated heterocycles. The summed E-state index contributed by atoms with van der Waals surface area (Å²) in [5.41, 5.74) is -0.581. The van der Waals surface area contributed by atoms with Crippen molar-refractivity contribution in [3.63, 3.8) is 0 Å². The zero-order chi connectivity index (χ0) is 11.4. The Kier molecular flexibility index (Phi) is 4.87. The molecule has 0 rings (SSSR count). The number of ether oxygens (including phenoxy) is 1. The van der Waals surface area contributed by atoms with Gasteiger partial charge in [0.1, 0.15) is 5.60 Å². The van der Waals surface area contributed by atoms with Crippen LogP contribution in [0.1, 0.15) is 27.7 Å². The zero-order valence-electron chi connectivity index (χ0n) is 9.07. The maximum absolute atomic E-state index is 11.2. The lowest BCUT2D eigenvalue weighted by atomic mass is 10.2. The Morgan fingerprint density at radius 3 is 2.29 bits per heavy atom. The second kappa shape index (κ2) is 5.17. The smallest absolute Gasteiger partial charge is 0.408 e. The van der Waals surface area contributed by atoms with Crippen molar-refractivity contribution >= 4 is 6.09 Å². The molecule has 0 aliphatic rings. The summed E-state index contributed by atoms with van der Waals surface area (Å²) >= 11 is 0. The maximum Gasteiger partial charge on any atom is 0.408 e. The van der Waals surface area contributed by atoms with Crippen molar-refractivity contribution in [1.29, 1.82) is 0 Å². The fourth-order valence-electron chi connectivity index (χ4n) is 0.778. The highest BCUT2D eigenvalue weighted by atomic mass is 16.6. The average molecular weight is 205 g/mol. The predicted octanol–water partition coefficient (Wildman–Crippen LogP) is 0.253. The van der Waals surface area contributed by atoms with E-state index in [-0.39, 0.29) is 6.61 Å². The minimum atomic E-state index is -0.812. The largest absolute Gasteiger partial charge is 0.444 e. The molecule has 84 valence electrons. The summed E-state index contributed by atoms with van der Waals surface area (Å²) in [4.78, 5) is 11.2. The van der Waals surface area contributed by atoms with Gasteiger partial charge in [0.2, 0.25) is 0 Å². The molecule has 1 amide bonds. The molecule has 0 heterocycles. The Balaban J connectivity index is 4.04. The number of hydrogen-bond donors (Lipinski definition) is 3. The Morgan fingerprint density at radius 1 is 1.50 bits per heavy atom. The number of carbonyl (C=O) groups is 1. The molecule has 0 spiro atoms. The van der Waals surface area contributed by atoms with Crippen LogP contribution in [0.3, 0.4) is 0 Å². The molecule has 14 heavy (non-hydrogen) atoms. The minimum absolute atomic E-state index is 0.323. The highest BCUT2D eigenvalue weighted by Crippen LogP contribution is 2.07. The number of alkyl carbamates (subject to hydrolysis) is 1. The molecule has 0 saturated carbocycles. The van der Waals surface area contributed by atoms with Crippen molar-refractivity contribution < 1.29 is 19.7 Å². The lowest BCUT2D eigenvalue weighted by Gasteiger charge is -2.23. The first kappa shape index (κ1) is 13.2. The molecule has 0 fully saturated rings. The lowest BCUT2D eigenvalue weighted by Crippen LogP contribution is -2.46. The fraction of sp³-hybridized carbons (Fsp3) is 0.889.